The van der Waals surface area contributed by atoms with Gasteiger partial charge in [-0.3, -0.25) is 0 Å². The zero-order chi connectivity index (χ0) is 13.2. The first-order valence-electron chi connectivity index (χ1n) is 7.20. The van der Waals surface area contributed by atoms with Gasteiger partial charge in [0.15, 0.2) is 0 Å². The molecule has 0 bridgehead atoms. The van der Waals surface area contributed by atoms with Gasteiger partial charge in [0, 0.05) is 17.6 Å². The topological polar surface area (TPSA) is 37.8 Å². The second kappa shape index (κ2) is 5.16. The number of anilines is 1. The molecule has 100 valence electrons. The van der Waals surface area contributed by atoms with E-state index in [0.717, 1.165) is 22.8 Å². The Balaban J connectivity index is 1.77. The third kappa shape index (κ3) is 2.70. The van der Waals surface area contributed by atoms with E-state index in [-0.39, 0.29) is 0 Å². The maximum atomic E-state index is 4.60. The Morgan fingerprint density at radius 1 is 1.16 bits per heavy atom. The third-order valence-electron chi connectivity index (χ3n) is 4.24. The van der Waals surface area contributed by atoms with Crippen molar-refractivity contribution in [2.45, 2.75) is 39.2 Å². The zero-order valence-corrected chi connectivity index (χ0v) is 11.6. The predicted molar refractivity (Wildman–Crippen MR) is 79.1 cm³/mol. The van der Waals surface area contributed by atoms with Crippen LogP contribution in [-0.2, 0) is 0 Å². The number of rotatable bonds is 2. The SMILES string of the molecule is CC1CCC(Nc2ncc3ccccc3n2)C(C)C1. The number of nitrogens with zero attached hydrogens (tertiary/aromatic N) is 2. The van der Waals surface area contributed by atoms with E-state index in [1.807, 2.05) is 30.5 Å². The van der Waals surface area contributed by atoms with Crippen molar-refractivity contribution in [3.05, 3.63) is 30.5 Å². The minimum atomic E-state index is 0.511. The number of hydrogen-bond donors (Lipinski definition) is 1. The summed E-state index contributed by atoms with van der Waals surface area (Å²) in [5.74, 6) is 2.31. The number of para-hydroxylation sites is 1. The van der Waals surface area contributed by atoms with Gasteiger partial charge in [0.1, 0.15) is 0 Å². The Labute approximate surface area is 114 Å². The summed E-state index contributed by atoms with van der Waals surface area (Å²) in [6.07, 6.45) is 5.72. The molecule has 1 N–H and O–H groups in total. The van der Waals surface area contributed by atoms with Crippen LogP contribution in [0.25, 0.3) is 10.9 Å². The van der Waals surface area contributed by atoms with E-state index in [2.05, 4.69) is 29.1 Å². The summed E-state index contributed by atoms with van der Waals surface area (Å²) in [4.78, 5) is 9.03. The number of hydrogen-bond acceptors (Lipinski definition) is 3. The molecule has 1 aliphatic carbocycles. The number of nitrogens with one attached hydrogen (secondary N) is 1. The van der Waals surface area contributed by atoms with E-state index in [4.69, 9.17) is 0 Å². The second-order valence-electron chi connectivity index (χ2n) is 5.90. The highest BCUT2D eigenvalue weighted by atomic mass is 15.1. The molecule has 0 radical (unpaired) electrons. The van der Waals surface area contributed by atoms with Crippen LogP contribution in [0.4, 0.5) is 5.95 Å². The van der Waals surface area contributed by atoms with Gasteiger partial charge in [0.2, 0.25) is 5.95 Å². The fourth-order valence-electron chi connectivity index (χ4n) is 3.09. The molecule has 2 aromatic rings. The molecule has 1 aliphatic rings. The first-order chi connectivity index (χ1) is 9.22. The van der Waals surface area contributed by atoms with Crippen molar-refractivity contribution in [3.8, 4) is 0 Å². The monoisotopic (exact) mass is 255 g/mol. The third-order valence-corrected chi connectivity index (χ3v) is 4.24. The molecule has 1 fully saturated rings. The number of benzene rings is 1. The molecule has 0 aliphatic heterocycles. The second-order valence-corrected chi connectivity index (χ2v) is 5.90. The lowest BCUT2D eigenvalue weighted by Gasteiger charge is -2.33. The van der Waals surface area contributed by atoms with Gasteiger partial charge in [-0.05, 0) is 37.2 Å². The molecule has 3 unspecified atom stereocenters. The number of fused-ring (bicyclic) bond motifs is 1. The van der Waals surface area contributed by atoms with Crippen LogP contribution in [0.15, 0.2) is 30.5 Å². The van der Waals surface area contributed by atoms with Gasteiger partial charge in [0.05, 0.1) is 5.52 Å². The van der Waals surface area contributed by atoms with Crippen LogP contribution >= 0.6 is 0 Å². The van der Waals surface area contributed by atoms with Crippen LogP contribution in [0, 0.1) is 11.8 Å². The Bertz CT molecular complexity index is 567. The maximum absolute atomic E-state index is 4.60. The molecule has 3 atom stereocenters. The summed E-state index contributed by atoms with van der Waals surface area (Å²) in [6.45, 7) is 4.67. The lowest BCUT2D eigenvalue weighted by atomic mass is 9.80. The van der Waals surface area contributed by atoms with E-state index < -0.39 is 0 Å². The van der Waals surface area contributed by atoms with Crippen molar-refractivity contribution in [1.29, 1.82) is 0 Å². The Kier molecular flexibility index (Phi) is 3.36. The van der Waals surface area contributed by atoms with Gasteiger partial charge in [-0.1, -0.05) is 32.0 Å². The molecule has 3 nitrogen and oxygen atoms in total. The van der Waals surface area contributed by atoms with Crippen LogP contribution in [0.5, 0.6) is 0 Å². The molecule has 19 heavy (non-hydrogen) atoms. The van der Waals surface area contributed by atoms with Crippen LogP contribution in [-0.4, -0.2) is 16.0 Å². The lowest BCUT2D eigenvalue weighted by Crippen LogP contribution is -2.33. The summed E-state index contributed by atoms with van der Waals surface area (Å²) in [5, 5.41) is 4.62. The Hall–Kier alpha value is -1.64. The van der Waals surface area contributed by atoms with E-state index in [1.165, 1.54) is 19.3 Å². The van der Waals surface area contributed by atoms with Gasteiger partial charge in [-0.25, -0.2) is 9.97 Å². The largest absolute Gasteiger partial charge is 0.351 e. The summed E-state index contributed by atoms with van der Waals surface area (Å²) >= 11 is 0. The lowest BCUT2D eigenvalue weighted by molar-refractivity contribution is 0.276. The molecule has 1 aromatic heterocycles. The van der Waals surface area contributed by atoms with Crippen LogP contribution in [0.1, 0.15) is 33.1 Å². The van der Waals surface area contributed by atoms with E-state index in [9.17, 15) is 0 Å². The highest BCUT2D eigenvalue weighted by Gasteiger charge is 2.25. The summed E-state index contributed by atoms with van der Waals surface area (Å²) in [7, 11) is 0. The first-order valence-corrected chi connectivity index (χ1v) is 7.20. The van der Waals surface area contributed by atoms with E-state index in [1.54, 1.807) is 0 Å². The zero-order valence-electron chi connectivity index (χ0n) is 11.6. The summed E-state index contributed by atoms with van der Waals surface area (Å²) < 4.78 is 0. The fourth-order valence-corrected chi connectivity index (χ4v) is 3.09. The molecule has 0 amide bonds. The molecule has 3 heteroatoms. The Morgan fingerprint density at radius 2 is 2.00 bits per heavy atom. The highest BCUT2D eigenvalue weighted by molar-refractivity contribution is 5.78. The average molecular weight is 255 g/mol. The van der Waals surface area contributed by atoms with Crippen molar-refractivity contribution in [3.63, 3.8) is 0 Å². The van der Waals surface area contributed by atoms with Crippen molar-refractivity contribution in [2.24, 2.45) is 11.8 Å². The summed E-state index contributed by atoms with van der Waals surface area (Å²) in [6, 6.07) is 8.63. The normalized spacial score (nSPS) is 27.4. The smallest absolute Gasteiger partial charge is 0.223 e. The van der Waals surface area contributed by atoms with Crippen molar-refractivity contribution in [2.75, 3.05) is 5.32 Å². The molecule has 0 saturated heterocycles. The standard InChI is InChI=1S/C16H21N3/c1-11-7-8-14(12(2)9-11)18-16-17-10-13-5-3-4-6-15(13)19-16/h3-6,10-12,14H,7-9H2,1-2H3,(H,17,18,19). The maximum Gasteiger partial charge on any atom is 0.223 e. The minimum Gasteiger partial charge on any atom is -0.351 e. The average Bonchev–Trinajstić information content (AvgIpc) is 2.42. The molecule has 1 saturated carbocycles. The minimum absolute atomic E-state index is 0.511. The highest BCUT2D eigenvalue weighted by Crippen LogP contribution is 2.30. The van der Waals surface area contributed by atoms with Crippen LogP contribution in [0.2, 0.25) is 0 Å². The van der Waals surface area contributed by atoms with Gasteiger partial charge >= 0.3 is 0 Å². The van der Waals surface area contributed by atoms with Crippen molar-refractivity contribution < 1.29 is 0 Å². The molecule has 1 heterocycles. The molecular weight excluding hydrogens is 234 g/mol. The van der Waals surface area contributed by atoms with Crippen LogP contribution in [0.3, 0.4) is 0 Å². The van der Waals surface area contributed by atoms with Crippen molar-refractivity contribution >= 4 is 16.9 Å². The van der Waals surface area contributed by atoms with Gasteiger partial charge < -0.3 is 5.32 Å². The quantitative estimate of drug-likeness (QED) is 0.885. The molecule has 1 aromatic carbocycles. The molecule has 3 rings (SSSR count). The van der Waals surface area contributed by atoms with Gasteiger partial charge in [-0.15, -0.1) is 0 Å². The van der Waals surface area contributed by atoms with Gasteiger partial charge in [0.25, 0.3) is 0 Å². The predicted octanol–water partition coefficient (Wildman–Crippen LogP) is 3.87. The molecule has 0 spiro atoms. The molecular formula is C16H21N3. The van der Waals surface area contributed by atoms with E-state index in [0.29, 0.717) is 12.0 Å². The number of aromatic nitrogens is 2. The van der Waals surface area contributed by atoms with Crippen LogP contribution < -0.4 is 5.32 Å². The van der Waals surface area contributed by atoms with E-state index >= 15 is 0 Å². The summed E-state index contributed by atoms with van der Waals surface area (Å²) in [5.41, 5.74) is 1.01. The first kappa shape index (κ1) is 12.4. The van der Waals surface area contributed by atoms with Crippen molar-refractivity contribution in [1.82, 2.24) is 9.97 Å². The fraction of sp³-hybridized carbons (Fsp3) is 0.500. The van der Waals surface area contributed by atoms with Gasteiger partial charge in [-0.2, -0.15) is 0 Å². The Morgan fingerprint density at radius 3 is 2.84 bits per heavy atom.